The molecule has 0 aliphatic carbocycles. The summed E-state index contributed by atoms with van der Waals surface area (Å²) in [5, 5.41) is 10.8. The van der Waals surface area contributed by atoms with Crippen LogP contribution in [0.2, 0.25) is 10.0 Å². The van der Waals surface area contributed by atoms with Gasteiger partial charge < -0.3 is 14.6 Å². The molecule has 1 unspecified atom stereocenters. The Kier molecular flexibility index (Phi) is 7.35. The Morgan fingerprint density at radius 1 is 1.20 bits per heavy atom. The molecule has 1 atom stereocenters. The van der Waals surface area contributed by atoms with Crippen molar-refractivity contribution >= 4 is 46.6 Å². The van der Waals surface area contributed by atoms with Crippen LogP contribution in [0.3, 0.4) is 0 Å². The van der Waals surface area contributed by atoms with Crippen LogP contribution >= 0.6 is 34.5 Å². The number of aromatic nitrogens is 1. The molecule has 4 rings (SSSR count). The molecule has 0 saturated heterocycles. The van der Waals surface area contributed by atoms with Crippen LogP contribution in [0.5, 0.6) is 11.5 Å². The molecule has 0 amide bonds. The fourth-order valence-corrected chi connectivity index (χ4v) is 5.40. The molecule has 0 spiro atoms. The van der Waals surface area contributed by atoms with Gasteiger partial charge in [0.05, 0.1) is 40.1 Å². The molecule has 0 saturated carbocycles. The summed E-state index contributed by atoms with van der Waals surface area (Å²) in [6.07, 6.45) is 1.51. The lowest BCUT2D eigenvalue weighted by atomic mass is 9.96. The number of hydrogen-bond acceptors (Lipinski definition) is 7. The molecule has 1 N–H and O–H groups in total. The molecule has 182 valence electrons. The molecular weight excluding hydrogens is 511 g/mol. The highest BCUT2D eigenvalue weighted by molar-refractivity contribution is 7.07. The fraction of sp³-hybridized carbons (Fsp3) is 0.240. The zero-order chi connectivity index (χ0) is 25.3. The van der Waals surface area contributed by atoms with Gasteiger partial charge in [0.25, 0.3) is 5.56 Å². The molecule has 3 aromatic rings. The van der Waals surface area contributed by atoms with Gasteiger partial charge in [-0.2, -0.15) is 0 Å². The summed E-state index contributed by atoms with van der Waals surface area (Å²) in [5.74, 6) is -0.0510. The molecule has 35 heavy (non-hydrogen) atoms. The van der Waals surface area contributed by atoms with Gasteiger partial charge in [-0.15, -0.1) is 0 Å². The lowest BCUT2D eigenvalue weighted by Crippen LogP contribution is -2.39. The summed E-state index contributed by atoms with van der Waals surface area (Å²) in [6, 6.07) is 9.39. The van der Waals surface area contributed by atoms with Crippen molar-refractivity contribution in [1.29, 1.82) is 0 Å². The number of carbonyl (C=O) groups excluding carboxylic acids is 1. The van der Waals surface area contributed by atoms with Crippen molar-refractivity contribution in [2.24, 2.45) is 4.99 Å². The summed E-state index contributed by atoms with van der Waals surface area (Å²) in [4.78, 5) is 31.5. The van der Waals surface area contributed by atoms with E-state index < -0.39 is 12.0 Å². The molecule has 1 aliphatic rings. The highest BCUT2D eigenvalue weighted by Crippen LogP contribution is 2.33. The van der Waals surface area contributed by atoms with E-state index in [-0.39, 0.29) is 28.5 Å². The number of benzene rings is 2. The quantitative estimate of drug-likeness (QED) is 0.480. The molecule has 1 aromatic heterocycles. The van der Waals surface area contributed by atoms with Gasteiger partial charge in [-0.25, -0.2) is 9.79 Å². The number of carbonyl (C=O) groups is 1. The summed E-state index contributed by atoms with van der Waals surface area (Å²) < 4.78 is 12.6. The number of halogens is 2. The molecule has 10 heteroatoms. The number of hydrogen-bond donors (Lipinski definition) is 1. The second kappa shape index (κ2) is 10.3. The monoisotopic (exact) mass is 532 g/mol. The highest BCUT2D eigenvalue weighted by atomic mass is 35.5. The Hall–Kier alpha value is -3.07. The standard InChI is InChI=1S/C25H22Cl2N2O5S/c1-4-33-17-8-6-14(7-9-17)21-20(24(32)34-5-2)13(3)28-25-29(21)23(31)19(35-25)11-15-10-16(26)12-18(27)22(15)30/h6-12,21,30H,4-5H2,1-3H3/b19-11+. The summed E-state index contributed by atoms with van der Waals surface area (Å²) in [7, 11) is 0. The number of ether oxygens (including phenoxy) is 2. The number of phenols is 1. The predicted octanol–water partition coefficient (Wildman–Crippen LogP) is 4.21. The topological polar surface area (TPSA) is 90.1 Å². The van der Waals surface area contributed by atoms with Crippen LogP contribution in [0.25, 0.3) is 6.08 Å². The first kappa shape index (κ1) is 25.0. The summed E-state index contributed by atoms with van der Waals surface area (Å²) in [5.41, 5.74) is 1.36. The first-order chi connectivity index (χ1) is 16.7. The van der Waals surface area contributed by atoms with Crippen molar-refractivity contribution in [3.8, 4) is 11.5 Å². The van der Waals surface area contributed by atoms with Gasteiger partial charge in [0, 0.05) is 10.6 Å². The number of fused-ring (bicyclic) bond motifs is 1. The van der Waals surface area contributed by atoms with Crippen LogP contribution in [0.15, 0.2) is 57.5 Å². The maximum absolute atomic E-state index is 13.6. The SMILES string of the molecule is CCOC(=O)C1=C(C)N=c2s/c(=C/c3cc(Cl)cc(Cl)c3O)c(=O)n2C1c1ccc(OCC)cc1. The van der Waals surface area contributed by atoms with Gasteiger partial charge in [0.15, 0.2) is 4.80 Å². The first-order valence-corrected chi connectivity index (χ1v) is 12.4. The van der Waals surface area contributed by atoms with Gasteiger partial charge in [0.2, 0.25) is 0 Å². The highest BCUT2D eigenvalue weighted by Gasteiger charge is 2.33. The Bertz CT molecular complexity index is 1510. The van der Waals surface area contributed by atoms with Gasteiger partial charge >= 0.3 is 5.97 Å². The van der Waals surface area contributed by atoms with Crippen LogP contribution in [-0.4, -0.2) is 28.9 Å². The molecule has 0 bridgehead atoms. The van der Waals surface area contributed by atoms with E-state index in [4.69, 9.17) is 32.7 Å². The van der Waals surface area contributed by atoms with Crippen molar-refractivity contribution in [3.63, 3.8) is 0 Å². The molecule has 0 radical (unpaired) electrons. The number of aromatic hydroxyl groups is 1. The van der Waals surface area contributed by atoms with Crippen molar-refractivity contribution in [2.75, 3.05) is 13.2 Å². The van der Waals surface area contributed by atoms with E-state index in [2.05, 4.69) is 4.99 Å². The third-order valence-corrected chi connectivity index (χ3v) is 6.86. The molecule has 7 nitrogen and oxygen atoms in total. The Morgan fingerprint density at radius 3 is 2.57 bits per heavy atom. The number of nitrogens with zero attached hydrogens (tertiary/aromatic N) is 2. The minimum Gasteiger partial charge on any atom is -0.506 e. The van der Waals surface area contributed by atoms with Crippen molar-refractivity contribution in [1.82, 2.24) is 4.57 Å². The predicted molar refractivity (Wildman–Crippen MR) is 136 cm³/mol. The Morgan fingerprint density at radius 2 is 1.91 bits per heavy atom. The van der Waals surface area contributed by atoms with Crippen LogP contribution in [0.4, 0.5) is 0 Å². The average Bonchev–Trinajstić information content (AvgIpc) is 3.11. The van der Waals surface area contributed by atoms with E-state index in [1.807, 2.05) is 19.1 Å². The third-order valence-electron chi connectivity index (χ3n) is 5.37. The van der Waals surface area contributed by atoms with Crippen molar-refractivity contribution < 1.29 is 19.4 Å². The normalized spacial score (nSPS) is 15.6. The van der Waals surface area contributed by atoms with Gasteiger partial charge in [-0.05, 0) is 56.7 Å². The molecule has 1 aliphatic heterocycles. The average molecular weight is 533 g/mol. The second-order valence-electron chi connectivity index (χ2n) is 7.63. The third kappa shape index (κ3) is 4.87. The molecular formula is C25H22Cl2N2O5S. The number of phenolic OH excluding ortho intramolecular Hbond substituents is 1. The Labute approximate surface area is 215 Å². The Balaban J connectivity index is 1.94. The second-order valence-corrected chi connectivity index (χ2v) is 9.48. The maximum atomic E-state index is 13.6. The van der Waals surface area contributed by atoms with Crippen LogP contribution < -0.4 is 19.6 Å². The van der Waals surface area contributed by atoms with Crippen molar-refractivity contribution in [3.05, 3.63) is 88.5 Å². The van der Waals surface area contributed by atoms with Crippen molar-refractivity contribution in [2.45, 2.75) is 26.8 Å². The minimum absolute atomic E-state index is 0.0734. The zero-order valence-electron chi connectivity index (χ0n) is 19.2. The minimum atomic E-state index is -0.750. The fourth-order valence-electron chi connectivity index (χ4n) is 3.86. The van der Waals surface area contributed by atoms with Crippen LogP contribution in [0, 0.1) is 0 Å². The lowest BCUT2D eigenvalue weighted by Gasteiger charge is -2.24. The lowest BCUT2D eigenvalue weighted by molar-refractivity contribution is -0.139. The summed E-state index contributed by atoms with van der Waals surface area (Å²) in [6.45, 7) is 6.03. The molecule has 0 fully saturated rings. The number of rotatable bonds is 6. The van der Waals surface area contributed by atoms with E-state index in [0.717, 1.165) is 11.3 Å². The van der Waals surface area contributed by atoms with Gasteiger partial charge in [0.1, 0.15) is 11.5 Å². The van der Waals surface area contributed by atoms with Gasteiger partial charge in [-0.1, -0.05) is 46.7 Å². The van der Waals surface area contributed by atoms with Crippen LogP contribution in [-0.2, 0) is 9.53 Å². The number of thiazole rings is 1. The van der Waals surface area contributed by atoms with Gasteiger partial charge in [-0.3, -0.25) is 9.36 Å². The smallest absolute Gasteiger partial charge is 0.338 e. The zero-order valence-corrected chi connectivity index (χ0v) is 21.5. The van der Waals surface area contributed by atoms with E-state index in [0.29, 0.717) is 43.5 Å². The van der Waals surface area contributed by atoms with E-state index in [1.54, 1.807) is 26.0 Å². The largest absolute Gasteiger partial charge is 0.506 e. The summed E-state index contributed by atoms with van der Waals surface area (Å²) >= 11 is 13.3. The maximum Gasteiger partial charge on any atom is 0.338 e. The van der Waals surface area contributed by atoms with E-state index >= 15 is 0 Å². The molecule has 2 aromatic carbocycles. The van der Waals surface area contributed by atoms with E-state index in [9.17, 15) is 14.7 Å². The van der Waals surface area contributed by atoms with E-state index in [1.165, 1.54) is 22.8 Å². The number of allylic oxidation sites excluding steroid dienone is 1. The number of esters is 1. The first-order valence-electron chi connectivity index (χ1n) is 10.9. The molecule has 2 heterocycles. The van der Waals surface area contributed by atoms with Crippen LogP contribution in [0.1, 0.15) is 37.9 Å².